The lowest BCUT2D eigenvalue weighted by Crippen LogP contribution is -1.97. The number of pyridine rings is 1. The Kier molecular flexibility index (Phi) is 2.49. The number of rotatable bonds is 1. The molecule has 4 heteroatoms. The van der Waals surface area contributed by atoms with Gasteiger partial charge in [-0.15, -0.1) is 0 Å². The van der Waals surface area contributed by atoms with Crippen molar-refractivity contribution in [3.63, 3.8) is 0 Å². The van der Waals surface area contributed by atoms with Gasteiger partial charge in [0.2, 0.25) is 0 Å². The second-order valence-electron chi connectivity index (χ2n) is 3.34. The molecule has 78 valence electrons. The molecule has 0 aliphatic rings. The highest BCUT2D eigenvalue weighted by Gasteiger charge is 2.07. The van der Waals surface area contributed by atoms with Gasteiger partial charge in [0.05, 0.1) is 10.5 Å². The number of anilines is 1. The molecule has 0 atom stereocenters. The highest BCUT2D eigenvalue weighted by Crippen LogP contribution is 2.26. The Labute approximate surface area is 91.9 Å². The van der Waals surface area contributed by atoms with E-state index < -0.39 is 5.82 Å². The van der Waals surface area contributed by atoms with Crippen molar-refractivity contribution in [3.8, 4) is 0 Å². The van der Waals surface area contributed by atoms with E-state index in [0.717, 1.165) is 17.4 Å². The van der Waals surface area contributed by atoms with Crippen molar-refractivity contribution in [2.45, 2.75) is 13.3 Å². The molecule has 0 fully saturated rings. The van der Waals surface area contributed by atoms with Gasteiger partial charge >= 0.3 is 0 Å². The fraction of sp³-hybridized carbons (Fsp3) is 0.182. The smallest absolute Gasteiger partial charge is 0.127 e. The van der Waals surface area contributed by atoms with Gasteiger partial charge in [-0.2, -0.15) is 0 Å². The minimum atomic E-state index is -0.399. The Morgan fingerprint density at radius 3 is 2.80 bits per heavy atom. The topological polar surface area (TPSA) is 38.9 Å². The molecule has 0 aliphatic heterocycles. The monoisotopic (exact) mass is 224 g/mol. The minimum Gasteiger partial charge on any atom is -0.383 e. The predicted molar refractivity (Wildman–Crippen MR) is 60.5 cm³/mol. The minimum absolute atomic E-state index is 0.368. The Bertz CT molecular complexity index is 525. The lowest BCUT2D eigenvalue weighted by molar-refractivity contribution is 0.629. The number of fused-ring (bicyclic) bond motifs is 1. The predicted octanol–water partition coefficient (Wildman–Crippen LogP) is 3.17. The first kappa shape index (κ1) is 10.2. The number of nitrogens with zero attached hydrogens (tertiary/aromatic N) is 1. The van der Waals surface area contributed by atoms with Crippen LogP contribution in [0.2, 0.25) is 5.02 Å². The molecule has 1 heterocycles. The van der Waals surface area contributed by atoms with E-state index in [9.17, 15) is 4.39 Å². The summed E-state index contributed by atoms with van der Waals surface area (Å²) < 4.78 is 13.0. The number of nitrogen functional groups attached to an aromatic ring is 1. The molecule has 0 unspecified atom stereocenters. The molecular formula is C11H10ClFN2. The van der Waals surface area contributed by atoms with E-state index in [2.05, 4.69) is 4.98 Å². The van der Waals surface area contributed by atoms with Crippen LogP contribution in [0.25, 0.3) is 10.9 Å². The normalized spacial score (nSPS) is 10.9. The Morgan fingerprint density at radius 2 is 2.13 bits per heavy atom. The van der Waals surface area contributed by atoms with E-state index in [1.165, 1.54) is 12.1 Å². The SMILES string of the molecule is CCc1cc2c(Cl)cc(F)cc2nc1N. The quantitative estimate of drug-likeness (QED) is 0.808. The van der Waals surface area contributed by atoms with E-state index >= 15 is 0 Å². The zero-order chi connectivity index (χ0) is 11.0. The molecule has 2 rings (SSSR count). The average molecular weight is 225 g/mol. The van der Waals surface area contributed by atoms with E-state index in [1.807, 2.05) is 13.0 Å². The van der Waals surface area contributed by atoms with Crippen LogP contribution in [0.3, 0.4) is 0 Å². The molecular weight excluding hydrogens is 215 g/mol. The second kappa shape index (κ2) is 3.66. The van der Waals surface area contributed by atoms with Gasteiger partial charge in [0.15, 0.2) is 0 Å². The summed E-state index contributed by atoms with van der Waals surface area (Å²) in [6.07, 6.45) is 0.780. The first-order valence-electron chi connectivity index (χ1n) is 4.66. The molecule has 2 aromatic rings. The third kappa shape index (κ3) is 1.75. The summed E-state index contributed by atoms with van der Waals surface area (Å²) >= 11 is 5.92. The maximum Gasteiger partial charge on any atom is 0.127 e. The summed E-state index contributed by atoms with van der Waals surface area (Å²) in [4.78, 5) is 4.12. The van der Waals surface area contributed by atoms with Crippen LogP contribution in [0.15, 0.2) is 18.2 Å². The van der Waals surface area contributed by atoms with Crippen LogP contribution < -0.4 is 5.73 Å². The van der Waals surface area contributed by atoms with Gasteiger partial charge in [0, 0.05) is 11.5 Å². The summed E-state index contributed by atoms with van der Waals surface area (Å²) in [7, 11) is 0. The standard InChI is InChI=1S/C11H10ClFN2/c1-2-6-3-8-9(12)4-7(13)5-10(8)15-11(6)14/h3-5H,2H2,1H3,(H2,14,15). The number of aryl methyl sites for hydroxylation is 1. The fourth-order valence-corrected chi connectivity index (χ4v) is 1.80. The number of nitrogens with two attached hydrogens (primary N) is 1. The molecule has 2 N–H and O–H groups in total. The number of benzene rings is 1. The summed E-state index contributed by atoms with van der Waals surface area (Å²) in [6, 6.07) is 4.47. The molecule has 0 amide bonds. The third-order valence-corrected chi connectivity index (χ3v) is 2.65. The number of hydrogen-bond acceptors (Lipinski definition) is 2. The summed E-state index contributed by atoms with van der Waals surface area (Å²) in [6.45, 7) is 1.98. The van der Waals surface area contributed by atoms with Crippen molar-refractivity contribution < 1.29 is 4.39 Å². The molecule has 15 heavy (non-hydrogen) atoms. The van der Waals surface area contributed by atoms with Crippen molar-refractivity contribution in [2.75, 3.05) is 5.73 Å². The first-order chi connectivity index (χ1) is 7.11. The van der Waals surface area contributed by atoms with E-state index in [4.69, 9.17) is 17.3 Å². The summed E-state index contributed by atoms with van der Waals surface area (Å²) in [5, 5.41) is 1.11. The molecule has 0 radical (unpaired) electrons. The maximum absolute atomic E-state index is 13.0. The zero-order valence-electron chi connectivity index (χ0n) is 8.22. The van der Waals surface area contributed by atoms with Crippen LogP contribution in [0.5, 0.6) is 0 Å². The fourth-order valence-electron chi connectivity index (χ4n) is 1.54. The van der Waals surface area contributed by atoms with Gasteiger partial charge in [-0.1, -0.05) is 18.5 Å². The van der Waals surface area contributed by atoms with Crippen molar-refractivity contribution in [1.82, 2.24) is 4.98 Å². The van der Waals surface area contributed by atoms with Gasteiger partial charge in [0.25, 0.3) is 0 Å². The van der Waals surface area contributed by atoms with Gasteiger partial charge in [-0.3, -0.25) is 0 Å². The lowest BCUT2D eigenvalue weighted by atomic mass is 10.1. The zero-order valence-corrected chi connectivity index (χ0v) is 8.98. The van der Waals surface area contributed by atoms with Gasteiger partial charge in [-0.05, 0) is 24.1 Å². The average Bonchev–Trinajstić information content (AvgIpc) is 2.16. The lowest BCUT2D eigenvalue weighted by Gasteiger charge is -2.06. The molecule has 0 aliphatic carbocycles. The van der Waals surface area contributed by atoms with Crippen molar-refractivity contribution >= 4 is 28.3 Å². The molecule has 1 aromatic carbocycles. The Balaban J connectivity index is 2.81. The number of halogens is 2. The molecule has 2 nitrogen and oxygen atoms in total. The van der Waals surface area contributed by atoms with Gasteiger partial charge in [-0.25, -0.2) is 9.37 Å². The molecule has 0 saturated heterocycles. The van der Waals surface area contributed by atoms with Crippen LogP contribution in [0.4, 0.5) is 10.2 Å². The Hall–Kier alpha value is -1.35. The van der Waals surface area contributed by atoms with E-state index in [0.29, 0.717) is 16.4 Å². The van der Waals surface area contributed by atoms with Crippen LogP contribution in [0, 0.1) is 5.82 Å². The third-order valence-electron chi connectivity index (χ3n) is 2.34. The van der Waals surface area contributed by atoms with Crippen molar-refractivity contribution in [1.29, 1.82) is 0 Å². The van der Waals surface area contributed by atoms with E-state index in [1.54, 1.807) is 0 Å². The Morgan fingerprint density at radius 1 is 1.40 bits per heavy atom. The van der Waals surface area contributed by atoms with Gasteiger partial charge < -0.3 is 5.73 Å². The highest BCUT2D eigenvalue weighted by atomic mass is 35.5. The molecule has 0 spiro atoms. The largest absolute Gasteiger partial charge is 0.383 e. The van der Waals surface area contributed by atoms with Crippen LogP contribution in [-0.4, -0.2) is 4.98 Å². The second-order valence-corrected chi connectivity index (χ2v) is 3.75. The van der Waals surface area contributed by atoms with Crippen molar-refractivity contribution in [2.24, 2.45) is 0 Å². The molecule has 1 aromatic heterocycles. The van der Waals surface area contributed by atoms with Crippen LogP contribution >= 0.6 is 11.6 Å². The molecule has 0 bridgehead atoms. The summed E-state index contributed by atoms with van der Waals surface area (Å²) in [5.74, 6) is 0.0373. The highest BCUT2D eigenvalue weighted by molar-refractivity contribution is 6.35. The summed E-state index contributed by atoms with van der Waals surface area (Å²) in [5.41, 5.74) is 7.14. The maximum atomic E-state index is 13.0. The first-order valence-corrected chi connectivity index (χ1v) is 5.03. The number of aromatic nitrogens is 1. The van der Waals surface area contributed by atoms with Crippen LogP contribution in [0.1, 0.15) is 12.5 Å². The van der Waals surface area contributed by atoms with Gasteiger partial charge in [0.1, 0.15) is 11.6 Å². The van der Waals surface area contributed by atoms with E-state index in [-0.39, 0.29) is 0 Å². The van der Waals surface area contributed by atoms with Crippen molar-refractivity contribution in [3.05, 3.63) is 34.6 Å². The van der Waals surface area contributed by atoms with Crippen LogP contribution in [-0.2, 0) is 6.42 Å². The molecule has 0 saturated carbocycles. The number of hydrogen-bond donors (Lipinski definition) is 1.